The molecule has 1 N–H and O–H groups in total. The zero-order valence-electron chi connectivity index (χ0n) is 17.0. The Morgan fingerprint density at radius 3 is 2.59 bits per heavy atom. The summed E-state index contributed by atoms with van der Waals surface area (Å²) >= 11 is 4.73. The van der Waals surface area contributed by atoms with Crippen molar-refractivity contribution in [2.45, 2.75) is 56.6 Å². The van der Waals surface area contributed by atoms with Gasteiger partial charge in [-0.3, -0.25) is 9.36 Å². The molecule has 2 aromatic heterocycles. The third kappa shape index (κ3) is 5.51. The molecule has 2 heterocycles. The molecule has 1 atom stereocenters. The van der Waals surface area contributed by atoms with Gasteiger partial charge in [-0.05, 0) is 60.8 Å². The van der Waals surface area contributed by atoms with E-state index in [-0.39, 0.29) is 16.7 Å². The lowest BCUT2D eigenvalue weighted by Gasteiger charge is -2.26. The Hall–Kier alpha value is -2.06. The third-order valence-electron chi connectivity index (χ3n) is 4.69. The highest BCUT2D eigenvalue weighted by atomic mass is 79.9. The van der Waals surface area contributed by atoms with E-state index < -0.39 is 0 Å². The molecule has 3 rings (SSSR count). The quantitative estimate of drug-likeness (QED) is 0.455. The summed E-state index contributed by atoms with van der Waals surface area (Å²) in [7, 11) is 0. The van der Waals surface area contributed by atoms with Crippen LogP contribution in [0.2, 0.25) is 0 Å². The van der Waals surface area contributed by atoms with E-state index in [1.165, 1.54) is 11.8 Å². The summed E-state index contributed by atoms with van der Waals surface area (Å²) in [5, 5.41) is 12.2. The minimum Gasteiger partial charge on any atom is -0.446 e. The summed E-state index contributed by atoms with van der Waals surface area (Å²) in [4.78, 5) is 12.7. The lowest BCUT2D eigenvalue weighted by molar-refractivity contribution is -0.121. The Labute approximate surface area is 183 Å². The molecule has 3 aromatic rings. The molecule has 0 aliphatic carbocycles. The van der Waals surface area contributed by atoms with Gasteiger partial charge in [0.05, 0.1) is 11.8 Å². The van der Waals surface area contributed by atoms with Crippen LogP contribution in [0.5, 0.6) is 0 Å². The summed E-state index contributed by atoms with van der Waals surface area (Å²) in [6.07, 6.45) is 0.859. The van der Waals surface area contributed by atoms with E-state index >= 15 is 0 Å². The first-order valence-corrected chi connectivity index (χ1v) is 11.2. The third-order valence-corrected chi connectivity index (χ3v) is 6.20. The highest BCUT2D eigenvalue weighted by Gasteiger charge is 2.25. The first kappa shape index (κ1) is 21.6. The van der Waals surface area contributed by atoms with Crippen LogP contribution in [0.25, 0.3) is 11.6 Å². The lowest BCUT2D eigenvalue weighted by Crippen LogP contribution is -2.46. The monoisotopic (exact) mass is 476 g/mol. The van der Waals surface area contributed by atoms with Crippen molar-refractivity contribution in [2.75, 3.05) is 0 Å². The molecule has 0 bridgehead atoms. The van der Waals surface area contributed by atoms with E-state index in [2.05, 4.69) is 50.5 Å². The van der Waals surface area contributed by atoms with Crippen molar-refractivity contribution >= 4 is 33.6 Å². The number of rotatable bonds is 8. The second-order valence-electron chi connectivity index (χ2n) is 7.47. The molecule has 8 heteroatoms. The Morgan fingerprint density at radius 2 is 1.97 bits per heavy atom. The van der Waals surface area contributed by atoms with Gasteiger partial charge < -0.3 is 9.73 Å². The fourth-order valence-corrected chi connectivity index (χ4v) is 3.79. The van der Waals surface area contributed by atoms with Crippen molar-refractivity contribution < 1.29 is 9.21 Å². The number of hydrogen-bond acceptors (Lipinski definition) is 5. The van der Waals surface area contributed by atoms with E-state index in [4.69, 9.17) is 4.42 Å². The minimum atomic E-state index is -0.310. The largest absolute Gasteiger partial charge is 0.446 e. The van der Waals surface area contributed by atoms with Gasteiger partial charge >= 0.3 is 0 Å². The van der Waals surface area contributed by atoms with Gasteiger partial charge in [-0.2, -0.15) is 0 Å². The number of carbonyl (C=O) groups is 1. The molecule has 0 spiro atoms. The highest BCUT2D eigenvalue weighted by molar-refractivity contribution is 9.10. The van der Waals surface area contributed by atoms with Crippen LogP contribution in [0.1, 0.15) is 39.7 Å². The van der Waals surface area contributed by atoms with Crippen molar-refractivity contribution in [2.24, 2.45) is 0 Å². The molecule has 6 nitrogen and oxygen atoms in total. The van der Waals surface area contributed by atoms with Crippen LogP contribution in [0, 0.1) is 0 Å². The van der Waals surface area contributed by atoms with Gasteiger partial charge in [-0.1, -0.05) is 49.0 Å². The highest BCUT2D eigenvalue weighted by Crippen LogP contribution is 2.30. The van der Waals surface area contributed by atoms with Gasteiger partial charge in [0.15, 0.2) is 15.6 Å². The van der Waals surface area contributed by atoms with Crippen LogP contribution < -0.4 is 5.32 Å². The van der Waals surface area contributed by atoms with E-state index in [0.29, 0.717) is 28.0 Å². The van der Waals surface area contributed by atoms with E-state index in [0.717, 1.165) is 12.0 Å². The minimum absolute atomic E-state index is 0.0154. The maximum Gasteiger partial charge on any atom is 0.233 e. The van der Waals surface area contributed by atoms with Crippen molar-refractivity contribution in [1.29, 1.82) is 0 Å². The number of nitrogens with zero attached hydrogens (tertiary/aromatic N) is 3. The van der Waals surface area contributed by atoms with Crippen LogP contribution in [0.3, 0.4) is 0 Å². The summed E-state index contributed by atoms with van der Waals surface area (Å²) in [6.45, 7) is 8.57. The second-order valence-corrected chi connectivity index (χ2v) is 9.56. The smallest absolute Gasteiger partial charge is 0.233 e. The molecule has 0 aliphatic rings. The van der Waals surface area contributed by atoms with Crippen LogP contribution in [-0.4, -0.2) is 31.5 Å². The van der Waals surface area contributed by atoms with Crippen LogP contribution >= 0.6 is 27.7 Å². The number of halogens is 1. The maximum atomic E-state index is 12.7. The number of carbonyl (C=O) groups excluding carboxylic acids is 1. The molecule has 1 aromatic carbocycles. The molecular weight excluding hydrogens is 452 g/mol. The molecule has 1 unspecified atom stereocenters. The molecule has 0 saturated heterocycles. The Bertz CT molecular complexity index is 968. The van der Waals surface area contributed by atoms with E-state index in [9.17, 15) is 4.79 Å². The van der Waals surface area contributed by atoms with Crippen molar-refractivity contribution in [1.82, 2.24) is 20.1 Å². The Balaban J connectivity index is 1.88. The van der Waals surface area contributed by atoms with Crippen LogP contribution in [0.15, 0.2) is 56.7 Å². The second kappa shape index (κ2) is 9.17. The van der Waals surface area contributed by atoms with Crippen molar-refractivity contribution in [3.8, 4) is 11.6 Å². The predicted molar refractivity (Wildman–Crippen MR) is 119 cm³/mol. The summed E-state index contributed by atoms with van der Waals surface area (Å²) in [5.74, 6) is 1.23. The fourth-order valence-electron chi connectivity index (χ4n) is 2.64. The van der Waals surface area contributed by atoms with Gasteiger partial charge in [-0.15, -0.1) is 10.2 Å². The Kier molecular flexibility index (Phi) is 6.85. The van der Waals surface area contributed by atoms with Gasteiger partial charge in [0.1, 0.15) is 0 Å². The first-order valence-electron chi connectivity index (χ1n) is 9.50. The number of hydrogen-bond donors (Lipinski definition) is 1. The Morgan fingerprint density at radius 1 is 1.24 bits per heavy atom. The summed E-state index contributed by atoms with van der Waals surface area (Å²) < 4.78 is 8.32. The van der Waals surface area contributed by atoms with Gasteiger partial charge in [0, 0.05) is 5.54 Å². The number of benzene rings is 1. The summed E-state index contributed by atoms with van der Waals surface area (Å²) in [6, 6.07) is 13.8. The molecule has 154 valence electrons. The van der Waals surface area contributed by atoms with Crippen LogP contribution in [-0.2, 0) is 11.3 Å². The van der Waals surface area contributed by atoms with Gasteiger partial charge in [0.25, 0.3) is 0 Å². The van der Waals surface area contributed by atoms with Gasteiger partial charge in [-0.25, -0.2) is 0 Å². The number of nitrogens with one attached hydrogen (secondary N) is 1. The molecular formula is C21H25BrN4O2S. The van der Waals surface area contributed by atoms with Crippen molar-refractivity contribution in [3.63, 3.8) is 0 Å². The first-order chi connectivity index (χ1) is 13.8. The molecule has 0 radical (unpaired) electrons. The molecule has 0 aliphatic heterocycles. The number of thioether (sulfide) groups is 1. The zero-order valence-corrected chi connectivity index (χ0v) is 19.4. The molecule has 0 fully saturated rings. The molecule has 1 amide bonds. The van der Waals surface area contributed by atoms with Gasteiger partial charge in [0.2, 0.25) is 11.7 Å². The fraction of sp³-hybridized carbons (Fsp3) is 0.381. The predicted octanol–water partition coefficient (Wildman–Crippen LogP) is 5.13. The van der Waals surface area contributed by atoms with Crippen LogP contribution in [0.4, 0.5) is 0 Å². The molecule has 0 saturated carbocycles. The van der Waals surface area contributed by atoms with E-state index in [1.807, 2.05) is 55.7 Å². The SMILES string of the molecule is CCC(C)(C)NC(=O)C(C)Sc1nnc(-c2ccc(Br)o2)n1Cc1ccccc1. The van der Waals surface area contributed by atoms with Crippen molar-refractivity contribution in [3.05, 3.63) is 52.7 Å². The zero-order chi connectivity index (χ0) is 21.0. The lowest BCUT2D eigenvalue weighted by atomic mass is 10.0. The van der Waals surface area contributed by atoms with E-state index in [1.54, 1.807) is 0 Å². The number of aromatic nitrogens is 3. The normalized spacial score (nSPS) is 12.7. The maximum absolute atomic E-state index is 12.7. The number of amides is 1. The number of furan rings is 1. The topological polar surface area (TPSA) is 73.0 Å². The standard InChI is InChI=1S/C21H25BrN4O2S/c1-5-21(3,4)23-19(27)14(2)29-20-25-24-18(16-11-12-17(22)28-16)26(20)13-15-9-7-6-8-10-15/h6-12,14H,5,13H2,1-4H3,(H,23,27). The average Bonchev–Trinajstić information content (AvgIpc) is 3.28. The summed E-state index contributed by atoms with van der Waals surface area (Å²) in [5.41, 5.74) is 0.875. The average molecular weight is 477 g/mol. The molecule has 29 heavy (non-hydrogen) atoms.